The van der Waals surface area contributed by atoms with E-state index < -0.39 is 12.0 Å². The predicted octanol–water partition coefficient (Wildman–Crippen LogP) is 3.64. The molecule has 0 heterocycles. The van der Waals surface area contributed by atoms with Gasteiger partial charge in [0.2, 0.25) is 0 Å². The highest BCUT2D eigenvalue weighted by molar-refractivity contribution is 14.1. The van der Waals surface area contributed by atoms with Crippen molar-refractivity contribution in [1.82, 2.24) is 0 Å². The fourth-order valence-electron chi connectivity index (χ4n) is 1.98. The fourth-order valence-corrected chi connectivity index (χ4v) is 2.68. The van der Waals surface area contributed by atoms with Crippen molar-refractivity contribution in [3.63, 3.8) is 0 Å². The van der Waals surface area contributed by atoms with E-state index >= 15 is 0 Å². The predicted molar refractivity (Wildman–Crippen MR) is 103 cm³/mol. The molecule has 0 spiro atoms. The van der Waals surface area contributed by atoms with E-state index in [1.54, 1.807) is 31.2 Å². The van der Waals surface area contributed by atoms with Gasteiger partial charge in [0.25, 0.3) is 0 Å². The molecule has 2 aromatic rings. The number of phenols is 1. The van der Waals surface area contributed by atoms with Crippen LogP contribution in [0.5, 0.6) is 17.2 Å². The highest BCUT2D eigenvalue weighted by atomic mass is 127. The fraction of sp³-hybridized carbons (Fsp3) is 0.235. The molecule has 0 saturated heterocycles. The number of hydrogen-bond acceptors (Lipinski definition) is 5. The maximum Gasteiger partial charge on any atom is 0.323 e. The van der Waals surface area contributed by atoms with Crippen molar-refractivity contribution in [3.05, 3.63) is 51.6 Å². The number of halogens is 2. The molecular formula is C17H19ClINO4. The molecule has 0 saturated carbocycles. The molecule has 0 radical (unpaired) electrons. The number of carbonyl (C=O) groups is 1. The standard InChI is InChI=1S/C17H18INO4.ClH/c1-2-22-17(21)16(19)9-11-3-6-14(10-15(11)18)23-13-7-4-12(20)5-8-13;/h3-8,10,16,20H,2,9,19H2,1H3;1H. The average Bonchev–Trinajstić information content (AvgIpc) is 2.52. The first-order valence-electron chi connectivity index (χ1n) is 7.17. The molecule has 2 aromatic carbocycles. The maximum absolute atomic E-state index is 11.6. The zero-order chi connectivity index (χ0) is 16.8. The quantitative estimate of drug-likeness (QED) is 0.505. The van der Waals surface area contributed by atoms with Gasteiger partial charge in [0.15, 0.2) is 0 Å². The summed E-state index contributed by atoms with van der Waals surface area (Å²) in [5.41, 5.74) is 6.81. The summed E-state index contributed by atoms with van der Waals surface area (Å²) in [5.74, 6) is 1.10. The molecule has 0 fully saturated rings. The smallest absolute Gasteiger partial charge is 0.323 e. The number of phenolic OH excluding ortho intramolecular Hbond substituents is 1. The van der Waals surface area contributed by atoms with Crippen LogP contribution >= 0.6 is 35.0 Å². The molecule has 1 unspecified atom stereocenters. The largest absolute Gasteiger partial charge is 0.508 e. The van der Waals surface area contributed by atoms with E-state index in [0.29, 0.717) is 24.5 Å². The summed E-state index contributed by atoms with van der Waals surface area (Å²) in [4.78, 5) is 11.6. The van der Waals surface area contributed by atoms with Crippen LogP contribution in [0.4, 0.5) is 0 Å². The number of esters is 1. The summed E-state index contributed by atoms with van der Waals surface area (Å²) < 4.78 is 11.6. The summed E-state index contributed by atoms with van der Waals surface area (Å²) >= 11 is 2.18. The summed E-state index contributed by atoms with van der Waals surface area (Å²) in [7, 11) is 0. The minimum Gasteiger partial charge on any atom is -0.508 e. The van der Waals surface area contributed by atoms with Gasteiger partial charge >= 0.3 is 5.97 Å². The lowest BCUT2D eigenvalue weighted by atomic mass is 10.1. The first-order valence-corrected chi connectivity index (χ1v) is 8.25. The number of carbonyl (C=O) groups excluding carboxylic acids is 1. The van der Waals surface area contributed by atoms with Gasteiger partial charge < -0.3 is 20.3 Å². The van der Waals surface area contributed by atoms with E-state index in [1.165, 1.54) is 0 Å². The molecule has 3 N–H and O–H groups in total. The molecule has 24 heavy (non-hydrogen) atoms. The van der Waals surface area contributed by atoms with E-state index in [-0.39, 0.29) is 18.2 Å². The molecule has 130 valence electrons. The molecule has 1 atom stereocenters. The van der Waals surface area contributed by atoms with Crippen LogP contribution in [0.1, 0.15) is 12.5 Å². The van der Waals surface area contributed by atoms with Gasteiger partial charge in [-0.1, -0.05) is 6.07 Å². The Labute approximate surface area is 160 Å². The van der Waals surface area contributed by atoms with E-state index in [9.17, 15) is 9.90 Å². The van der Waals surface area contributed by atoms with E-state index in [1.807, 2.05) is 18.2 Å². The van der Waals surface area contributed by atoms with Crippen molar-refractivity contribution in [2.45, 2.75) is 19.4 Å². The highest BCUT2D eigenvalue weighted by Crippen LogP contribution is 2.26. The Morgan fingerprint density at radius 2 is 1.83 bits per heavy atom. The number of benzene rings is 2. The van der Waals surface area contributed by atoms with Crippen molar-refractivity contribution >= 4 is 41.0 Å². The Morgan fingerprint density at radius 3 is 2.42 bits per heavy atom. The van der Waals surface area contributed by atoms with Gasteiger partial charge in [-0.2, -0.15) is 0 Å². The third kappa shape index (κ3) is 5.85. The zero-order valence-corrected chi connectivity index (χ0v) is 16.0. The van der Waals surface area contributed by atoms with Gasteiger partial charge in [-0.25, -0.2) is 0 Å². The average molecular weight is 464 g/mol. The minimum atomic E-state index is -0.674. The van der Waals surface area contributed by atoms with Gasteiger partial charge in [-0.05, 0) is 77.9 Å². The second kappa shape index (κ2) is 9.71. The van der Waals surface area contributed by atoms with Crippen LogP contribution in [-0.4, -0.2) is 23.7 Å². The molecule has 2 rings (SSSR count). The van der Waals surface area contributed by atoms with Crippen molar-refractivity contribution in [2.24, 2.45) is 5.73 Å². The second-order valence-corrected chi connectivity index (χ2v) is 6.07. The molecule has 0 aliphatic rings. The molecular weight excluding hydrogens is 445 g/mol. The molecule has 0 bridgehead atoms. The Morgan fingerprint density at radius 1 is 1.21 bits per heavy atom. The molecule has 0 aliphatic heterocycles. The molecule has 5 nitrogen and oxygen atoms in total. The lowest BCUT2D eigenvalue weighted by Gasteiger charge is -2.13. The van der Waals surface area contributed by atoms with Crippen LogP contribution in [0, 0.1) is 3.57 Å². The monoisotopic (exact) mass is 463 g/mol. The second-order valence-electron chi connectivity index (χ2n) is 4.91. The van der Waals surface area contributed by atoms with Crippen molar-refractivity contribution in [3.8, 4) is 17.2 Å². The highest BCUT2D eigenvalue weighted by Gasteiger charge is 2.16. The molecule has 0 aliphatic carbocycles. The lowest BCUT2D eigenvalue weighted by Crippen LogP contribution is -2.34. The molecule has 7 heteroatoms. The number of ether oxygens (including phenoxy) is 2. The van der Waals surface area contributed by atoms with Crippen molar-refractivity contribution < 1.29 is 19.4 Å². The zero-order valence-electron chi connectivity index (χ0n) is 13.1. The Balaban J connectivity index is 0.00000288. The van der Waals surface area contributed by atoms with Gasteiger partial charge in [0.05, 0.1) is 6.61 Å². The minimum absolute atomic E-state index is 0. The first kappa shape index (κ1) is 20.5. The third-order valence-electron chi connectivity index (χ3n) is 3.13. The van der Waals surface area contributed by atoms with Crippen LogP contribution in [0.15, 0.2) is 42.5 Å². The van der Waals surface area contributed by atoms with Gasteiger partial charge in [0.1, 0.15) is 23.3 Å². The van der Waals surface area contributed by atoms with Crippen molar-refractivity contribution in [1.29, 1.82) is 0 Å². The normalized spacial score (nSPS) is 11.3. The lowest BCUT2D eigenvalue weighted by molar-refractivity contribution is -0.144. The Bertz CT molecular complexity index is 679. The van der Waals surface area contributed by atoms with Crippen LogP contribution in [-0.2, 0) is 16.0 Å². The van der Waals surface area contributed by atoms with Crippen LogP contribution in [0.2, 0.25) is 0 Å². The number of hydrogen-bond donors (Lipinski definition) is 2. The summed E-state index contributed by atoms with van der Waals surface area (Å²) in [6.07, 6.45) is 0.413. The Kier molecular flexibility index (Phi) is 8.30. The number of rotatable bonds is 6. The summed E-state index contributed by atoms with van der Waals surface area (Å²) in [6, 6.07) is 11.4. The topological polar surface area (TPSA) is 81.8 Å². The van der Waals surface area contributed by atoms with Crippen LogP contribution in [0.3, 0.4) is 0 Å². The van der Waals surface area contributed by atoms with Gasteiger partial charge in [-0.3, -0.25) is 4.79 Å². The maximum atomic E-state index is 11.6. The summed E-state index contributed by atoms with van der Waals surface area (Å²) in [6.45, 7) is 2.08. The van der Waals surface area contributed by atoms with Gasteiger partial charge in [0, 0.05) is 3.57 Å². The van der Waals surface area contributed by atoms with Crippen molar-refractivity contribution in [2.75, 3.05) is 6.61 Å². The number of aromatic hydroxyl groups is 1. The van der Waals surface area contributed by atoms with E-state index in [4.69, 9.17) is 15.2 Å². The third-order valence-corrected chi connectivity index (χ3v) is 4.13. The first-order chi connectivity index (χ1) is 11.0. The number of nitrogens with two attached hydrogens (primary N) is 1. The summed E-state index contributed by atoms with van der Waals surface area (Å²) in [5, 5.41) is 9.26. The van der Waals surface area contributed by atoms with Gasteiger partial charge in [-0.15, -0.1) is 12.4 Å². The van der Waals surface area contributed by atoms with E-state index in [2.05, 4.69) is 22.6 Å². The SMILES string of the molecule is CCOC(=O)C(N)Cc1ccc(Oc2ccc(O)cc2)cc1I.Cl. The Hall–Kier alpha value is -1.51. The molecule has 0 amide bonds. The molecule has 0 aromatic heterocycles. The van der Waals surface area contributed by atoms with Crippen LogP contribution < -0.4 is 10.5 Å². The van der Waals surface area contributed by atoms with Crippen LogP contribution in [0.25, 0.3) is 0 Å². The van der Waals surface area contributed by atoms with E-state index in [0.717, 1.165) is 9.13 Å².